The van der Waals surface area contributed by atoms with Crippen molar-refractivity contribution in [3.8, 4) is 45.3 Å². The van der Waals surface area contributed by atoms with Crippen molar-refractivity contribution in [2.45, 2.75) is 38.5 Å². The van der Waals surface area contributed by atoms with Crippen molar-refractivity contribution in [3.63, 3.8) is 0 Å². The van der Waals surface area contributed by atoms with E-state index in [1.807, 2.05) is 48.5 Å². The molecule has 0 N–H and O–H groups in total. The van der Waals surface area contributed by atoms with E-state index in [4.69, 9.17) is 19.4 Å². The molecule has 0 radical (unpaired) electrons. The van der Waals surface area contributed by atoms with Crippen LogP contribution in [0.3, 0.4) is 0 Å². The van der Waals surface area contributed by atoms with E-state index >= 15 is 0 Å². The maximum absolute atomic E-state index is 6.26. The zero-order chi connectivity index (χ0) is 34.5. The minimum absolute atomic E-state index is 0.108. The molecule has 0 amide bonds. The second-order valence-electron chi connectivity index (χ2n) is 14.9. The number of furan rings is 1. The Morgan fingerprint density at radius 2 is 1.06 bits per heavy atom. The third kappa shape index (κ3) is 4.36. The summed E-state index contributed by atoms with van der Waals surface area (Å²) in [5.41, 5.74) is 9.43. The fourth-order valence-electron chi connectivity index (χ4n) is 8.22. The Bertz CT molecular complexity index is 2860. The third-order valence-electron chi connectivity index (χ3n) is 11.7. The Morgan fingerprint density at radius 3 is 1.90 bits per heavy atom. The van der Waals surface area contributed by atoms with Gasteiger partial charge in [-0.3, -0.25) is 0 Å². The molecule has 2 aromatic heterocycles. The normalized spacial score (nSPS) is 14.6. The van der Waals surface area contributed by atoms with Gasteiger partial charge < -0.3 is 4.42 Å². The van der Waals surface area contributed by atoms with Gasteiger partial charge in [0.15, 0.2) is 17.5 Å². The van der Waals surface area contributed by atoms with E-state index in [-0.39, 0.29) is 10.8 Å². The van der Waals surface area contributed by atoms with Crippen LogP contribution in [0.1, 0.15) is 38.8 Å². The van der Waals surface area contributed by atoms with E-state index in [0.717, 1.165) is 38.6 Å². The van der Waals surface area contributed by atoms with Crippen molar-refractivity contribution in [3.05, 3.63) is 151 Å². The summed E-state index contributed by atoms with van der Waals surface area (Å²) in [4.78, 5) is 15.5. The van der Waals surface area contributed by atoms with Gasteiger partial charge in [0.05, 0.1) is 0 Å². The first kappa shape index (κ1) is 29.8. The molecule has 9 aromatic rings. The molecular weight excluding hydrogens is 623 g/mol. The molecule has 4 heteroatoms. The highest BCUT2D eigenvalue weighted by atomic mass is 16.3. The molecule has 244 valence electrons. The summed E-state index contributed by atoms with van der Waals surface area (Å²) >= 11 is 0. The number of aromatic nitrogens is 3. The fraction of sp³-hybridized carbons (Fsp3) is 0.128. The second-order valence-corrected chi connectivity index (χ2v) is 14.9. The number of fused-ring (bicyclic) bond motifs is 9. The van der Waals surface area contributed by atoms with Gasteiger partial charge in [-0.25, -0.2) is 15.0 Å². The molecule has 0 spiro atoms. The molecule has 0 unspecified atom stereocenters. The number of hydrogen-bond acceptors (Lipinski definition) is 4. The smallest absolute Gasteiger partial charge is 0.164 e. The first-order valence-electron chi connectivity index (χ1n) is 17.6. The summed E-state index contributed by atoms with van der Waals surface area (Å²) in [5, 5.41) is 7.11. The Kier molecular flexibility index (Phi) is 6.23. The summed E-state index contributed by atoms with van der Waals surface area (Å²) in [7, 11) is 0. The Balaban J connectivity index is 1.23. The van der Waals surface area contributed by atoms with E-state index in [1.165, 1.54) is 43.8 Å². The number of para-hydroxylation sites is 1. The zero-order valence-corrected chi connectivity index (χ0v) is 29.0. The van der Waals surface area contributed by atoms with E-state index < -0.39 is 0 Å². The van der Waals surface area contributed by atoms with Crippen LogP contribution in [0.15, 0.2) is 144 Å². The monoisotopic (exact) mass is 657 g/mol. The van der Waals surface area contributed by atoms with Gasteiger partial charge in [0.2, 0.25) is 0 Å². The average Bonchev–Trinajstić information content (AvgIpc) is 3.56. The first-order valence-corrected chi connectivity index (χ1v) is 17.6. The van der Waals surface area contributed by atoms with Crippen LogP contribution >= 0.6 is 0 Å². The number of nitrogens with zero attached hydrogens (tertiary/aromatic N) is 3. The standard InChI is InChI=1S/C47H35N3O/c1-46(2)38-24-23-31(25-36(38)37-27-35-30(26-39(37)47(46,3)4)22-21-28-13-8-9-16-32(28)35)44-48-43(29-14-6-5-7-15-29)49-45(50-44)34-18-12-20-41-42(34)33-17-10-11-19-40(33)51-41/h5-27H,1-4H3. The van der Waals surface area contributed by atoms with E-state index in [1.54, 1.807) is 0 Å². The van der Waals surface area contributed by atoms with Gasteiger partial charge in [-0.1, -0.05) is 137 Å². The highest BCUT2D eigenvalue weighted by Crippen LogP contribution is 2.55. The molecule has 0 bridgehead atoms. The highest BCUT2D eigenvalue weighted by molar-refractivity contribution is 6.12. The minimum Gasteiger partial charge on any atom is -0.456 e. The van der Waals surface area contributed by atoms with Crippen LogP contribution in [0.25, 0.3) is 88.8 Å². The molecule has 2 heterocycles. The Labute approximate surface area is 296 Å². The minimum atomic E-state index is -0.129. The lowest BCUT2D eigenvalue weighted by Crippen LogP contribution is -2.43. The second kappa shape index (κ2) is 10.7. The van der Waals surface area contributed by atoms with Crippen LogP contribution in [0, 0.1) is 0 Å². The van der Waals surface area contributed by atoms with Crippen molar-refractivity contribution in [2.75, 3.05) is 0 Å². The predicted molar refractivity (Wildman–Crippen MR) is 210 cm³/mol. The molecule has 51 heavy (non-hydrogen) atoms. The summed E-state index contributed by atoms with van der Waals surface area (Å²) < 4.78 is 6.26. The van der Waals surface area contributed by atoms with Crippen LogP contribution in [-0.2, 0) is 10.8 Å². The lowest BCUT2D eigenvalue weighted by molar-refractivity contribution is 0.299. The largest absolute Gasteiger partial charge is 0.456 e. The summed E-state index contributed by atoms with van der Waals surface area (Å²) in [6.45, 7) is 9.53. The molecule has 0 aliphatic heterocycles. The maximum atomic E-state index is 6.26. The molecule has 1 aliphatic rings. The highest BCUT2D eigenvalue weighted by Gasteiger charge is 2.46. The predicted octanol–water partition coefficient (Wildman–Crippen LogP) is 12.3. The fourth-order valence-corrected chi connectivity index (χ4v) is 8.22. The van der Waals surface area contributed by atoms with Gasteiger partial charge in [-0.05, 0) is 85.0 Å². The molecule has 4 nitrogen and oxygen atoms in total. The quantitative estimate of drug-likeness (QED) is 0.177. The topological polar surface area (TPSA) is 51.8 Å². The van der Waals surface area contributed by atoms with Crippen LogP contribution in [0.2, 0.25) is 0 Å². The molecule has 0 fully saturated rings. The molecular formula is C47H35N3O. The maximum Gasteiger partial charge on any atom is 0.164 e. The van der Waals surface area contributed by atoms with Crippen LogP contribution in [-0.4, -0.2) is 15.0 Å². The molecule has 1 aliphatic carbocycles. The number of hydrogen-bond donors (Lipinski definition) is 0. The molecule has 0 saturated heterocycles. The SMILES string of the molecule is CC1(C)c2ccc(-c3nc(-c4ccccc4)nc(-c4cccc5oc6ccccc6c45)n3)cc2-c2cc3c(ccc4ccccc43)cc2C1(C)C. The van der Waals surface area contributed by atoms with Crippen LogP contribution < -0.4 is 0 Å². The summed E-state index contributed by atoms with van der Waals surface area (Å²) in [6.07, 6.45) is 0. The van der Waals surface area contributed by atoms with Gasteiger partial charge in [-0.15, -0.1) is 0 Å². The van der Waals surface area contributed by atoms with Gasteiger partial charge in [0.1, 0.15) is 11.2 Å². The Hall–Kier alpha value is -6.13. The van der Waals surface area contributed by atoms with Gasteiger partial charge >= 0.3 is 0 Å². The average molecular weight is 658 g/mol. The molecule has 0 saturated carbocycles. The van der Waals surface area contributed by atoms with Crippen molar-refractivity contribution < 1.29 is 4.42 Å². The van der Waals surface area contributed by atoms with E-state index in [9.17, 15) is 0 Å². The first-order chi connectivity index (χ1) is 24.8. The van der Waals surface area contributed by atoms with Gasteiger partial charge in [0, 0.05) is 27.5 Å². The van der Waals surface area contributed by atoms with Gasteiger partial charge in [0.25, 0.3) is 0 Å². The third-order valence-corrected chi connectivity index (χ3v) is 11.7. The molecule has 10 rings (SSSR count). The summed E-state index contributed by atoms with van der Waals surface area (Å²) in [6, 6.07) is 49.3. The van der Waals surface area contributed by atoms with Crippen LogP contribution in [0.4, 0.5) is 0 Å². The van der Waals surface area contributed by atoms with E-state index in [2.05, 4.69) is 119 Å². The molecule has 7 aromatic carbocycles. The lowest BCUT2D eigenvalue weighted by Gasteiger charge is -2.48. The lowest BCUT2D eigenvalue weighted by atomic mass is 9.55. The molecule has 0 atom stereocenters. The Morgan fingerprint density at radius 1 is 0.412 bits per heavy atom. The van der Waals surface area contributed by atoms with Crippen molar-refractivity contribution >= 4 is 43.5 Å². The van der Waals surface area contributed by atoms with E-state index in [0.29, 0.717) is 17.5 Å². The van der Waals surface area contributed by atoms with Crippen LogP contribution in [0.5, 0.6) is 0 Å². The van der Waals surface area contributed by atoms with Crippen molar-refractivity contribution in [1.82, 2.24) is 15.0 Å². The van der Waals surface area contributed by atoms with Gasteiger partial charge in [-0.2, -0.15) is 0 Å². The summed E-state index contributed by atoms with van der Waals surface area (Å²) in [5.74, 6) is 1.90. The van der Waals surface area contributed by atoms with Crippen molar-refractivity contribution in [2.24, 2.45) is 0 Å². The number of benzene rings is 7. The van der Waals surface area contributed by atoms with Crippen molar-refractivity contribution in [1.29, 1.82) is 0 Å². The zero-order valence-electron chi connectivity index (χ0n) is 29.0. The number of rotatable bonds is 3.